The molecule has 0 atom stereocenters. The number of hydrogen-bond donors (Lipinski definition) is 1. The van der Waals surface area contributed by atoms with E-state index in [2.05, 4.69) is 5.32 Å². The van der Waals surface area contributed by atoms with Gasteiger partial charge in [0.1, 0.15) is 6.54 Å². The van der Waals surface area contributed by atoms with Gasteiger partial charge in [-0.2, -0.15) is 0 Å². The molecular weight excluding hydrogens is 544 g/mol. The van der Waals surface area contributed by atoms with Crippen molar-refractivity contribution in [3.05, 3.63) is 97.4 Å². The zero-order chi connectivity index (χ0) is 28.8. The molecule has 14 heteroatoms. The van der Waals surface area contributed by atoms with Gasteiger partial charge in [0.2, 0.25) is 11.7 Å². The summed E-state index contributed by atoms with van der Waals surface area (Å²) in [5.41, 5.74) is -0.0929. The third-order valence-corrected chi connectivity index (χ3v) is 6.28. The van der Waals surface area contributed by atoms with Gasteiger partial charge in [0.25, 0.3) is 16.8 Å². The molecule has 0 aliphatic carbocycles. The van der Waals surface area contributed by atoms with Crippen molar-refractivity contribution < 1.29 is 33.7 Å². The summed E-state index contributed by atoms with van der Waals surface area (Å²) in [4.78, 5) is 59.5. The summed E-state index contributed by atoms with van der Waals surface area (Å²) in [5, 5.41) is 24.5. The first kappa shape index (κ1) is 27.8. The van der Waals surface area contributed by atoms with Gasteiger partial charge in [-0.15, -0.1) is 0 Å². The first-order chi connectivity index (χ1) is 19.2. The average Bonchev–Trinajstić information content (AvgIpc) is 3.17. The van der Waals surface area contributed by atoms with E-state index in [9.17, 15) is 34.6 Å². The molecule has 40 heavy (non-hydrogen) atoms. The maximum atomic E-state index is 12.9. The third-order valence-electron chi connectivity index (χ3n) is 5.37. The van der Waals surface area contributed by atoms with Gasteiger partial charge < -0.3 is 14.8 Å². The Morgan fingerprint density at radius 3 is 2.38 bits per heavy atom. The van der Waals surface area contributed by atoms with Crippen molar-refractivity contribution in [3.8, 4) is 17.2 Å². The van der Waals surface area contributed by atoms with E-state index >= 15 is 0 Å². The number of carbonyl (C=O) groups is 3. The highest BCUT2D eigenvalue weighted by atomic mass is 32.2. The van der Waals surface area contributed by atoms with Crippen LogP contribution in [0, 0.1) is 20.2 Å². The van der Waals surface area contributed by atoms with Crippen LogP contribution in [0.4, 0.5) is 21.9 Å². The van der Waals surface area contributed by atoms with Gasteiger partial charge in [-0.25, -0.2) is 0 Å². The maximum absolute atomic E-state index is 12.9. The SMILES string of the molecule is CCOc1cc(/C=C2/SC(=O)N(CC(=O)Nc3ccccc3)C2=O)ccc1Oc1ccc([N+](=O)[O-])cc1[N+](=O)[O-]. The Morgan fingerprint density at radius 1 is 0.975 bits per heavy atom. The zero-order valence-electron chi connectivity index (χ0n) is 20.8. The molecule has 4 rings (SSSR count). The van der Waals surface area contributed by atoms with E-state index in [4.69, 9.17) is 9.47 Å². The van der Waals surface area contributed by atoms with Gasteiger partial charge >= 0.3 is 5.69 Å². The van der Waals surface area contributed by atoms with Gasteiger partial charge in [-0.3, -0.25) is 39.5 Å². The fourth-order valence-electron chi connectivity index (χ4n) is 3.59. The Labute approximate surface area is 230 Å². The minimum atomic E-state index is -0.798. The highest BCUT2D eigenvalue weighted by Crippen LogP contribution is 2.39. The number of nitrogens with zero attached hydrogens (tertiary/aromatic N) is 3. The summed E-state index contributed by atoms with van der Waals surface area (Å²) >= 11 is 0.676. The summed E-state index contributed by atoms with van der Waals surface area (Å²) < 4.78 is 11.3. The van der Waals surface area contributed by atoms with Crippen LogP contribution in [0.1, 0.15) is 12.5 Å². The van der Waals surface area contributed by atoms with E-state index in [-0.39, 0.29) is 28.8 Å². The van der Waals surface area contributed by atoms with E-state index in [1.54, 1.807) is 37.3 Å². The van der Waals surface area contributed by atoms with Crippen LogP contribution in [0.25, 0.3) is 6.08 Å². The van der Waals surface area contributed by atoms with Crippen LogP contribution >= 0.6 is 11.8 Å². The van der Waals surface area contributed by atoms with Crippen LogP contribution in [-0.2, 0) is 9.59 Å². The molecule has 1 saturated heterocycles. The molecule has 3 aromatic carbocycles. The molecule has 0 bridgehead atoms. The topological polar surface area (TPSA) is 171 Å². The van der Waals surface area contributed by atoms with Gasteiger partial charge in [-0.05, 0) is 60.7 Å². The second kappa shape index (κ2) is 12.1. The summed E-state index contributed by atoms with van der Waals surface area (Å²) in [7, 11) is 0. The number of nitrogens with one attached hydrogen (secondary N) is 1. The van der Waals surface area contributed by atoms with Crippen LogP contribution in [0.2, 0.25) is 0 Å². The first-order valence-electron chi connectivity index (χ1n) is 11.6. The highest BCUT2D eigenvalue weighted by Gasteiger charge is 2.36. The predicted molar refractivity (Wildman–Crippen MR) is 145 cm³/mol. The number of non-ortho nitro benzene ring substituents is 1. The molecule has 1 aliphatic rings. The molecular formula is C26H20N4O9S. The van der Waals surface area contributed by atoms with Gasteiger partial charge in [0.15, 0.2) is 11.5 Å². The van der Waals surface area contributed by atoms with Gasteiger partial charge in [-0.1, -0.05) is 24.3 Å². The molecule has 13 nitrogen and oxygen atoms in total. The van der Waals surface area contributed by atoms with E-state index in [1.165, 1.54) is 24.3 Å². The van der Waals surface area contributed by atoms with Crippen LogP contribution < -0.4 is 14.8 Å². The van der Waals surface area contributed by atoms with Crippen molar-refractivity contribution in [3.63, 3.8) is 0 Å². The Morgan fingerprint density at radius 2 is 1.70 bits per heavy atom. The normalized spacial score (nSPS) is 13.8. The minimum absolute atomic E-state index is 0.0830. The van der Waals surface area contributed by atoms with Gasteiger partial charge in [0.05, 0.1) is 27.4 Å². The number of para-hydroxylation sites is 1. The number of nitro groups is 2. The number of hydrogen-bond acceptors (Lipinski definition) is 10. The summed E-state index contributed by atoms with van der Waals surface area (Å²) in [6.45, 7) is 1.45. The number of benzene rings is 3. The Balaban J connectivity index is 1.54. The Hall–Kier alpha value is -5.24. The lowest BCUT2D eigenvalue weighted by Crippen LogP contribution is -2.36. The van der Waals surface area contributed by atoms with Crippen LogP contribution in [0.15, 0.2) is 71.6 Å². The number of imide groups is 1. The molecule has 1 heterocycles. The van der Waals surface area contributed by atoms with Crippen molar-refractivity contribution in [2.24, 2.45) is 0 Å². The number of rotatable bonds is 10. The zero-order valence-corrected chi connectivity index (χ0v) is 21.6. The molecule has 204 valence electrons. The van der Waals surface area contributed by atoms with E-state index < -0.39 is 44.8 Å². The van der Waals surface area contributed by atoms with Gasteiger partial charge in [0, 0.05) is 11.8 Å². The molecule has 1 fully saturated rings. The fourth-order valence-corrected chi connectivity index (χ4v) is 4.43. The quantitative estimate of drug-likeness (QED) is 0.192. The molecule has 0 aromatic heterocycles. The minimum Gasteiger partial charge on any atom is -0.490 e. The predicted octanol–water partition coefficient (Wildman–Crippen LogP) is 5.37. The number of anilines is 1. The van der Waals surface area contributed by atoms with Crippen LogP contribution in [0.3, 0.4) is 0 Å². The summed E-state index contributed by atoms with van der Waals surface area (Å²) in [6.07, 6.45) is 1.45. The molecule has 0 radical (unpaired) electrons. The third kappa shape index (κ3) is 6.42. The standard InChI is InChI=1S/C26H20N4O9S/c1-2-38-22-12-16(8-10-21(22)39-20-11-9-18(29(34)35)14-19(20)30(36)37)13-23-25(32)28(26(33)40-23)15-24(31)27-17-6-4-3-5-7-17/h3-14H,2,15H2,1H3,(H,27,31)/b23-13+. The number of amides is 3. The van der Waals surface area contributed by atoms with Crippen molar-refractivity contribution in [2.45, 2.75) is 6.92 Å². The van der Waals surface area contributed by atoms with E-state index in [0.717, 1.165) is 23.1 Å². The van der Waals surface area contributed by atoms with Crippen LogP contribution in [0.5, 0.6) is 17.2 Å². The lowest BCUT2D eigenvalue weighted by molar-refractivity contribution is -0.394. The fraction of sp³-hybridized carbons (Fsp3) is 0.115. The monoisotopic (exact) mass is 564 g/mol. The van der Waals surface area contributed by atoms with E-state index in [1.807, 2.05) is 0 Å². The molecule has 3 amide bonds. The summed E-state index contributed by atoms with van der Waals surface area (Å²) in [6, 6.07) is 16.1. The smallest absolute Gasteiger partial charge is 0.318 e. The molecule has 1 aliphatic heterocycles. The first-order valence-corrected chi connectivity index (χ1v) is 12.5. The Kier molecular flexibility index (Phi) is 8.39. The Bertz CT molecular complexity index is 1540. The number of ether oxygens (including phenoxy) is 2. The number of thioether (sulfide) groups is 1. The van der Waals surface area contributed by atoms with E-state index in [0.29, 0.717) is 23.0 Å². The maximum Gasteiger partial charge on any atom is 0.318 e. The van der Waals surface area contributed by atoms with Crippen LogP contribution in [-0.4, -0.2) is 45.0 Å². The molecule has 1 N–H and O–H groups in total. The molecule has 0 saturated carbocycles. The van der Waals surface area contributed by atoms with Crippen molar-refractivity contribution in [1.82, 2.24) is 4.90 Å². The summed E-state index contributed by atoms with van der Waals surface area (Å²) in [5.74, 6) is -1.15. The van der Waals surface area contributed by atoms with Crippen molar-refractivity contribution >= 4 is 52.0 Å². The molecule has 0 unspecified atom stereocenters. The van der Waals surface area contributed by atoms with Crippen molar-refractivity contribution in [1.29, 1.82) is 0 Å². The number of nitro benzene ring substituents is 2. The lowest BCUT2D eigenvalue weighted by atomic mass is 10.1. The average molecular weight is 565 g/mol. The second-order valence-electron chi connectivity index (χ2n) is 8.09. The largest absolute Gasteiger partial charge is 0.490 e. The molecule has 0 spiro atoms. The molecule has 3 aromatic rings. The van der Waals surface area contributed by atoms with Crippen molar-refractivity contribution in [2.75, 3.05) is 18.5 Å². The number of carbonyl (C=O) groups excluding carboxylic acids is 3. The highest BCUT2D eigenvalue weighted by molar-refractivity contribution is 8.18. The second-order valence-corrected chi connectivity index (χ2v) is 9.08. The lowest BCUT2D eigenvalue weighted by Gasteiger charge is -2.13.